The topological polar surface area (TPSA) is 81.5 Å². The van der Waals surface area contributed by atoms with Crippen molar-refractivity contribution in [2.45, 2.75) is 0 Å². The molecular formula is C19H13ClFN5O2S. The summed E-state index contributed by atoms with van der Waals surface area (Å²) in [4.78, 5) is 11.7. The first-order chi connectivity index (χ1) is 14.1. The molecule has 0 saturated carbocycles. The maximum Gasteiger partial charge on any atom is 0.260 e. The fourth-order valence-corrected chi connectivity index (χ4v) is 3.38. The van der Waals surface area contributed by atoms with E-state index in [4.69, 9.17) is 21.1 Å². The molecule has 0 aliphatic rings. The summed E-state index contributed by atoms with van der Waals surface area (Å²) in [7, 11) is 1.48. The summed E-state index contributed by atoms with van der Waals surface area (Å²) in [5.74, 6) is -0.390. The van der Waals surface area contributed by atoms with Crippen LogP contribution < -0.4 is 14.9 Å². The van der Waals surface area contributed by atoms with Crippen LogP contribution in [-0.4, -0.2) is 28.3 Å². The molecule has 0 aliphatic carbocycles. The lowest BCUT2D eigenvalue weighted by atomic mass is 10.2. The van der Waals surface area contributed by atoms with Gasteiger partial charge in [0.1, 0.15) is 0 Å². The van der Waals surface area contributed by atoms with Crippen LogP contribution in [0.25, 0.3) is 10.2 Å². The Labute approximate surface area is 173 Å². The molecule has 0 bridgehead atoms. The summed E-state index contributed by atoms with van der Waals surface area (Å²) in [6, 6.07) is 12.9. The van der Waals surface area contributed by atoms with Crippen LogP contribution in [0.4, 0.5) is 9.52 Å². The van der Waals surface area contributed by atoms with Crippen LogP contribution in [0.1, 0.15) is 5.56 Å². The summed E-state index contributed by atoms with van der Waals surface area (Å²) in [6.07, 6.45) is 2.52. The standard InChI is InChI=1S/C19H13ClFN5O2S/c1-27-14-7-6-11(8-15(14)28-17-12(21)10-22-18(20)25-17)9-23-26-19-24-13-4-2-3-5-16(13)29-19/h2-10H,1H3,(H,24,26)/b23-9-. The van der Waals surface area contributed by atoms with E-state index in [1.165, 1.54) is 18.4 Å². The van der Waals surface area contributed by atoms with Crippen molar-refractivity contribution < 1.29 is 13.9 Å². The molecule has 29 heavy (non-hydrogen) atoms. The molecule has 0 unspecified atom stereocenters. The molecule has 0 spiro atoms. The van der Waals surface area contributed by atoms with Gasteiger partial charge in [-0.15, -0.1) is 0 Å². The van der Waals surface area contributed by atoms with Gasteiger partial charge in [0.15, 0.2) is 11.5 Å². The Balaban J connectivity index is 1.54. The molecule has 2 aromatic carbocycles. The fraction of sp³-hybridized carbons (Fsp3) is 0.0526. The zero-order valence-electron chi connectivity index (χ0n) is 15.0. The van der Waals surface area contributed by atoms with Gasteiger partial charge in [-0.2, -0.15) is 14.5 Å². The molecule has 0 saturated heterocycles. The van der Waals surface area contributed by atoms with Gasteiger partial charge in [-0.1, -0.05) is 23.5 Å². The molecule has 10 heteroatoms. The zero-order valence-corrected chi connectivity index (χ0v) is 16.5. The lowest BCUT2D eigenvalue weighted by Crippen LogP contribution is -1.98. The molecular weight excluding hydrogens is 417 g/mol. The van der Waals surface area contributed by atoms with Gasteiger partial charge in [-0.05, 0) is 47.5 Å². The number of benzene rings is 2. The molecule has 1 N–H and O–H groups in total. The van der Waals surface area contributed by atoms with Crippen LogP contribution in [-0.2, 0) is 0 Å². The second kappa shape index (κ2) is 8.38. The zero-order chi connectivity index (χ0) is 20.2. The fourth-order valence-electron chi connectivity index (χ4n) is 2.44. The van der Waals surface area contributed by atoms with Gasteiger partial charge >= 0.3 is 0 Å². The Morgan fingerprint density at radius 2 is 2.03 bits per heavy atom. The number of methoxy groups -OCH3 is 1. The number of rotatable bonds is 6. The number of ether oxygens (including phenoxy) is 2. The minimum Gasteiger partial charge on any atom is -0.493 e. The first-order valence-electron chi connectivity index (χ1n) is 8.31. The van der Waals surface area contributed by atoms with Gasteiger partial charge < -0.3 is 9.47 Å². The number of para-hydroxylation sites is 1. The number of hydrazone groups is 1. The molecule has 4 rings (SSSR count). The lowest BCUT2D eigenvalue weighted by Gasteiger charge is -2.10. The Bertz CT molecular complexity index is 1170. The van der Waals surface area contributed by atoms with Crippen molar-refractivity contribution in [2.24, 2.45) is 5.10 Å². The van der Waals surface area contributed by atoms with Crippen LogP contribution in [0.3, 0.4) is 0 Å². The molecule has 2 heterocycles. The highest BCUT2D eigenvalue weighted by Crippen LogP contribution is 2.32. The van der Waals surface area contributed by atoms with E-state index >= 15 is 0 Å². The molecule has 2 aromatic heterocycles. The van der Waals surface area contributed by atoms with Crippen molar-refractivity contribution in [2.75, 3.05) is 12.5 Å². The number of anilines is 1. The van der Waals surface area contributed by atoms with Gasteiger partial charge in [-0.3, -0.25) is 5.43 Å². The number of halogens is 2. The van der Waals surface area contributed by atoms with E-state index in [0.717, 1.165) is 16.4 Å². The maximum absolute atomic E-state index is 13.9. The van der Waals surface area contributed by atoms with E-state index in [0.29, 0.717) is 16.4 Å². The molecule has 4 aromatic rings. The first kappa shape index (κ1) is 19.0. The molecule has 0 atom stereocenters. The summed E-state index contributed by atoms with van der Waals surface area (Å²) >= 11 is 7.21. The molecule has 0 amide bonds. The number of nitrogens with one attached hydrogen (secondary N) is 1. The summed E-state index contributed by atoms with van der Waals surface area (Å²) in [5.41, 5.74) is 4.50. The average Bonchev–Trinajstić information content (AvgIpc) is 3.14. The van der Waals surface area contributed by atoms with Crippen LogP contribution in [0.5, 0.6) is 17.4 Å². The number of hydrogen-bond acceptors (Lipinski definition) is 8. The summed E-state index contributed by atoms with van der Waals surface area (Å²) in [5, 5.41) is 4.74. The molecule has 0 fully saturated rings. The van der Waals surface area contributed by atoms with Gasteiger partial charge in [0.2, 0.25) is 16.2 Å². The van der Waals surface area contributed by atoms with Crippen LogP contribution in [0.15, 0.2) is 53.8 Å². The SMILES string of the molecule is COc1ccc(/C=N\Nc2nc3ccccc3s2)cc1Oc1nc(Cl)ncc1F. The lowest BCUT2D eigenvalue weighted by molar-refractivity contribution is 0.363. The highest BCUT2D eigenvalue weighted by molar-refractivity contribution is 7.22. The van der Waals surface area contributed by atoms with Crippen molar-refractivity contribution in [3.8, 4) is 17.4 Å². The highest BCUT2D eigenvalue weighted by atomic mass is 35.5. The van der Waals surface area contributed by atoms with E-state index in [1.807, 2.05) is 24.3 Å². The number of hydrogen-bond donors (Lipinski definition) is 1. The predicted molar refractivity (Wildman–Crippen MR) is 111 cm³/mol. The molecule has 7 nitrogen and oxygen atoms in total. The Hall–Kier alpha value is -3.30. The smallest absolute Gasteiger partial charge is 0.260 e. The normalized spacial score (nSPS) is 11.1. The highest BCUT2D eigenvalue weighted by Gasteiger charge is 2.13. The number of thiazole rings is 1. The van der Waals surface area contributed by atoms with Crippen molar-refractivity contribution in [3.05, 3.63) is 65.3 Å². The van der Waals surface area contributed by atoms with E-state index < -0.39 is 5.82 Å². The van der Waals surface area contributed by atoms with Gasteiger partial charge in [0.05, 0.1) is 29.7 Å². The average molecular weight is 430 g/mol. The number of fused-ring (bicyclic) bond motifs is 1. The van der Waals surface area contributed by atoms with Crippen molar-refractivity contribution >= 4 is 44.5 Å². The van der Waals surface area contributed by atoms with Crippen molar-refractivity contribution in [1.82, 2.24) is 15.0 Å². The minimum absolute atomic E-state index is 0.127. The monoisotopic (exact) mass is 429 g/mol. The maximum atomic E-state index is 13.9. The van der Waals surface area contributed by atoms with E-state index in [-0.39, 0.29) is 16.9 Å². The van der Waals surface area contributed by atoms with Crippen LogP contribution in [0.2, 0.25) is 5.28 Å². The molecule has 146 valence electrons. The van der Waals surface area contributed by atoms with Gasteiger partial charge in [0, 0.05) is 0 Å². The number of nitrogens with zero attached hydrogens (tertiary/aromatic N) is 4. The van der Waals surface area contributed by atoms with E-state index in [1.54, 1.807) is 24.4 Å². The summed E-state index contributed by atoms with van der Waals surface area (Å²) < 4.78 is 25.7. The van der Waals surface area contributed by atoms with Crippen LogP contribution >= 0.6 is 22.9 Å². The van der Waals surface area contributed by atoms with Gasteiger partial charge in [-0.25, -0.2) is 9.97 Å². The minimum atomic E-state index is -0.743. The second-order valence-corrected chi connectivity index (χ2v) is 7.03. The first-order valence-corrected chi connectivity index (χ1v) is 9.50. The molecule has 0 aliphatic heterocycles. The summed E-state index contributed by atoms with van der Waals surface area (Å²) in [6.45, 7) is 0. The Kier molecular flexibility index (Phi) is 5.50. The van der Waals surface area contributed by atoms with E-state index in [9.17, 15) is 4.39 Å². The molecule has 0 radical (unpaired) electrons. The third-order valence-electron chi connectivity index (χ3n) is 3.74. The predicted octanol–water partition coefficient (Wildman–Crippen LogP) is 5.13. The third kappa shape index (κ3) is 4.41. The Morgan fingerprint density at radius 3 is 2.86 bits per heavy atom. The van der Waals surface area contributed by atoms with Gasteiger partial charge in [0.25, 0.3) is 5.88 Å². The second-order valence-electron chi connectivity index (χ2n) is 5.66. The largest absolute Gasteiger partial charge is 0.493 e. The van der Waals surface area contributed by atoms with Crippen molar-refractivity contribution in [1.29, 1.82) is 0 Å². The third-order valence-corrected chi connectivity index (χ3v) is 4.87. The Morgan fingerprint density at radius 1 is 1.17 bits per heavy atom. The quantitative estimate of drug-likeness (QED) is 0.260. The van der Waals surface area contributed by atoms with Crippen molar-refractivity contribution in [3.63, 3.8) is 0 Å². The van der Waals surface area contributed by atoms with E-state index in [2.05, 4.69) is 25.5 Å². The van der Waals surface area contributed by atoms with Crippen LogP contribution in [0, 0.1) is 5.82 Å². The number of aromatic nitrogens is 3.